The van der Waals surface area contributed by atoms with E-state index in [-0.39, 0.29) is 19.0 Å². The second kappa shape index (κ2) is 5.82. The number of rotatable bonds is 5. The van der Waals surface area contributed by atoms with Crippen LogP contribution in [0.5, 0.6) is 0 Å². The topological polar surface area (TPSA) is 104 Å². The van der Waals surface area contributed by atoms with Crippen LogP contribution in [-0.2, 0) is 14.8 Å². The summed E-state index contributed by atoms with van der Waals surface area (Å²) in [6.07, 6.45) is 0. The molecule has 1 heterocycles. The second-order valence-electron chi connectivity index (χ2n) is 4.92. The van der Waals surface area contributed by atoms with Crippen LogP contribution >= 0.6 is 0 Å². The first-order chi connectivity index (χ1) is 9.81. The summed E-state index contributed by atoms with van der Waals surface area (Å²) in [5.74, 6) is -1.47. The predicted octanol–water partition coefficient (Wildman–Crippen LogP) is -0.0965. The molecule has 8 heteroatoms. The molecule has 0 unspecified atom stereocenters. The number of hydrogen-bond acceptors (Lipinski definition) is 4. The van der Waals surface area contributed by atoms with E-state index >= 15 is 0 Å². The summed E-state index contributed by atoms with van der Waals surface area (Å²) in [6, 6.07) is 7.39. The average Bonchev–Trinajstić information content (AvgIpc) is 2.36. The Labute approximate surface area is 122 Å². The van der Waals surface area contributed by atoms with Crippen LogP contribution in [0, 0.1) is 0 Å². The van der Waals surface area contributed by atoms with E-state index < -0.39 is 27.3 Å². The maximum Gasteiger partial charge on any atom is 0.321 e. The number of carbonyl (C=O) groups excluding carboxylic acids is 1. The monoisotopic (exact) mass is 312 g/mol. The van der Waals surface area contributed by atoms with E-state index in [1.54, 1.807) is 30.3 Å². The van der Waals surface area contributed by atoms with Gasteiger partial charge in [-0.05, 0) is 19.1 Å². The van der Waals surface area contributed by atoms with Crippen molar-refractivity contribution in [1.82, 2.24) is 9.62 Å². The third kappa shape index (κ3) is 3.40. The highest BCUT2D eigenvalue weighted by Gasteiger charge is 2.40. The molecule has 1 aromatic rings. The highest BCUT2D eigenvalue weighted by molar-refractivity contribution is 7.90. The molecule has 1 aromatic carbocycles. The minimum atomic E-state index is -3.74. The lowest BCUT2D eigenvalue weighted by molar-refractivity contribution is -0.138. The molecule has 1 aliphatic rings. The number of likely N-dealkylation sites (tertiary alicyclic amines) is 1. The van der Waals surface area contributed by atoms with E-state index in [0.717, 1.165) is 0 Å². The number of aliphatic carboxylic acids is 1. The molecule has 114 valence electrons. The smallest absolute Gasteiger partial charge is 0.321 e. The Morgan fingerprint density at radius 1 is 1.29 bits per heavy atom. The molecule has 1 atom stereocenters. The summed E-state index contributed by atoms with van der Waals surface area (Å²) in [5, 5.41) is 7.94. The van der Waals surface area contributed by atoms with Crippen molar-refractivity contribution in [3.8, 4) is 0 Å². The molecule has 0 bridgehead atoms. The van der Waals surface area contributed by atoms with Gasteiger partial charge in [-0.3, -0.25) is 9.59 Å². The predicted molar refractivity (Wildman–Crippen MR) is 75.3 cm³/mol. The molecule has 21 heavy (non-hydrogen) atoms. The molecule has 0 spiro atoms. The molecular formula is C13H16N2O5S. The lowest BCUT2D eigenvalue weighted by Gasteiger charge is -2.38. The van der Waals surface area contributed by atoms with E-state index in [2.05, 4.69) is 4.72 Å². The van der Waals surface area contributed by atoms with Gasteiger partial charge in [0.25, 0.3) is 5.91 Å². The quantitative estimate of drug-likeness (QED) is 0.790. The van der Waals surface area contributed by atoms with Crippen LogP contribution < -0.4 is 4.72 Å². The molecule has 2 rings (SSSR count). The number of nitrogens with zero attached hydrogens (tertiary/aromatic N) is 1. The Kier molecular flexibility index (Phi) is 4.29. The van der Waals surface area contributed by atoms with Crippen molar-refractivity contribution >= 4 is 21.9 Å². The number of sulfonamides is 1. The summed E-state index contributed by atoms with van der Waals surface area (Å²) in [5.41, 5.74) is 0.500. The van der Waals surface area contributed by atoms with Gasteiger partial charge in [-0.2, -0.15) is 0 Å². The van der Waals surface area contributed by atoms with Gasteiger partial charge >= 0.3 is 5.97 Å². The van der Waals surface area contributed by atoms with Crippen molar-refractivity contribution in [2.45, 2.75) is 18.2 Å². The molecule has 1 fully saturated rings. The first-order valence-corrected chi connectivity index (χ1v) is 7.94. The zero-order valence-corrected chi connectivity index (χ0v) is 12.2. The van der Waals surface area contributed by atoms with Crippen LogP contribution in [0.2, 0.25) is 0 Å². The Hall–Kier alpha value is -1.93. The van der Waals surface area contributed by atoms with Gasteiger partial charge in [0.15, 0.2) is 0 Å². The number of amides is 1. The van der Waals surface area contributed by atoms with E-state index in [0.29, 0.717) is 5.56 Å². The molecule has 1 amide bonds. The van der Waals surface area contributed by atoms with Crippen LogP contribution in [0.3, 0.4) is 0 Å². The Bertz CT molecular complexity index is 638. The van der Waals surface area contributed by atoms with Gasteiger partial charge in [-0.1, -0.05) is 18.2 Å². The van der Waals surface area contributed by atoms with Crippen LogP contribution in [-0.4, -0.2) is 54.7 Å². The van der Waals surface area contributed by atoms with E-state index in [9.17, 15) is 18.0 Å². The van der Waals surface area contributed by atoms with E-state index in [1.165, 1.54) is 11.8 Å². The molecular weight excluding hydrogens is 296 g/mol. The zero-order chi connectivity index (χ0) is 15.6. The van der Waals surface area contributed by atoms with Crippen molar-refractivity contribution < 1.29 is 23.1 Å². The first-order valence-electron chi connectivity index (χ1n) is 6.39. The lowest BCUT2D eigenvalue weighted by Crippen LogP contribution is -2.60. The Balaban J connectivity index is 1.94. The van der Waals surface area contributed by atoms with Gasteiger partial charge in [0.05, 0.1) is 0 Å². The number of carboxylic acids is 1. The van der Waals surface area contributed by atoms with Gasteiger partial charge in [0, 0.05) is 18.7 Å². The molecule has 0 saturated carbocycles. The Morgan fingerprint density at radius 2 is 1.86 bits per heavy atom. The van der Waals surface area contributed by atoms with Gasteiger partial charge in [0.1, 0.15) is 11.3 Å². The fraction of sp³-hybridized carbons (Fsp3) is 0.385. The zero-order valence-electron chi connectivity index (χ0n) is 11.4. The molecule has 1 aliphatic heterocycles. The Morgan fingerprint density at radius 3 is 2.38 bits per heavy atom. The maximum atomic E-state index is 12.0. The fourth-order valence-corrected chi connectivity index (χ4v) is 3.50. The summed E-state index contributed by atoms with van der Waals surface area (Å²) in [6.45, 7) is 1.39. The third-order valence-electron chi connectivity index (χ3n) is 3.31. The number of benzene rings is 1. The van der Waals surface area contributed by atoms with Crippen molar-refractivity contribution in [2.75, 3.05) is 13.1 Å². The summed E-state index contributed by atoms with van der Waals surface area (Å²) >= 11 is 0. The summed E-state index contributed by atoms with van der Waals surface area (Å²) in [4.78, 5) is 24.1. The van der Waals surface area contributed by atoms with Gasteiger partial charge in [0.2, 0.25) is 10.0 Å². The van der Waals surface area contributed by atoms with Gasteiger partial charge in [-0.25, -0.2) is 13.1 Å². The summed E-state index contributed by atoms with van der Waals surface area (Å²) < 4.78 is 25.9. The minimum absolute atomic E-state index is 0.0649. The minimum Gasteiger partial charge on any atom is -0.480 e. The molecule has 0 aromatic heterocycles. The second-order valence-corrected chi connectivity index (χ2v) is 6.91. The van der Waals surface area contributed by atoms with E-state index in [1.807, 2.05) is 0 Å². The van der Waals surface area contributed by atoms with Crippen molar-refractivity contribution in [3.05, 3.63) is 35.9 Å². The fourth-order valence-electron chi connectivity index (χ4n) is 1.96. The largest absolute Gasteiger partial charge is 0.480 e. The van der Waals surface area contributed by atoms with Crippen LogP contribution in [0.15, 0.2) is 30.3 Å². The molecule has 7 nitrogen and oxygen atoms in total. The SMILES string of the molecule is C[C@H](NS(=O)(=O)C1CN(C(=O)c2ccccc2)C1)C(=O)O. The highest BCUT2D eigenvalue weighted by Crippen LogP contribution is 2.18. The van der Waals surface area contributed by atoms with Gasteiger partial charge < -0.3 is 10.0 Å². The van der Waals surface area contributed by atoms with Crippen molar-refractivity contribution in [3.63, 3.8) is 0 Å². The number of hydrogen-bond donors (Lipinski definition) is 2. The first kappa shape index (κ1) is 15.5. The van der Waals surface area contributed by atoms with Gasteiger partial charge in [-0.15, -0.1) is 0 Å². The average molecular weight is 312 g/mol. The summed E-state index contributed by atoms with van der Waals surface area (Å²) in [7, 11) is -3.74. The number of carbonyl (C=O) groups is 2. The van der Waals surface area contributed by atoms with Crippen LogP contribution in [0.1, 0.15) is 17.3 Å². The van der Waals surface area contributed by atoms with E-state index in [4.69, 9.17) is 5.11 Å². The van der Waals surface area contributed by atoms with Crippen molar-refractivity contribution in [2.24, 2.45) is 0 Å². The standard InChI is InChI=1S/C13H16N2O5S/c1-9(13(17)18)14-21(19,20)11-7-15(8-11)12(16)10-5-3-2-4-6-10/h2-6,9,11,14H,7-8H2,1H3,(H,17,18)/t9-/m0/s1. The lowest BCUT2D eigenvalue weighted by atomic mass is 10.1. The van der Waals surface area contributed by atoms with Crippen LogP contribution in [0.4, 0.5) is 0 Å². The normalized spacial score (nSPS) is 17.1. The van der Waals surface area contributed by atoms with Crippen LogP contribution in [0.25, 0.3) is 0 Å². The number of nitrogens with one attached hydrogen (secondary N) is 1. The van der Waals surface area contributed by atoms with Crippen molar-refractivity contribution in [1.29, 1.82) is 0 Å². The molecule has 0 radical (unpaired) electrons. The highest BCUT2D eigenvalue weighted by atomic mass is 32.2. The molecule has 2 N–H and O–H groups in total. The molecule has 0 aliphatic carbocycles. The number of carboxylic acid groups (broad SMARTS) is 1. The molecule has 1 saturated heterocycles. The third-order valence-corrected chi connectivity index (χ3v) is 5.16. The maximum absolute atomic E-state index is 12.0.